The number of ether oxygens (including phenoxy) is 1. The average Bonchev–Trinajstić information content (AvgIpc) is 2.76. The summed E-state index contributed by atoms with van der Waals surface area (Å²) in [6, 6.07) is 0. The van der Waals surface area contributed by atoms with Crippen molar-refractivity contribution in [2.75, 3.05) is 13.1 Å². The lowest BCUT2D eigenvalue weighted by Crippen LogP contribution is -2.36. The van der Waals surface area contributed by atoms with Crippen LogP contribution in [-0.4, -0.2) is 42.3 Å². The number of hydrogen-bond acceptors (Lipinski definition) is 4. The minimum absolute atomic E-state index is 0.00207. The zero-order chi connectivity index (χ0) is 12.7. The zero-order valence-electron chi connectivity index (χ0n) is 9.85. The van der Waals surface area contributed by atoms with Gasteiger partial charge in [-0.2, -0.15) is 0 Å². The van der Waals surface area contributed by atoms with Crippen LogP contribution in [0.1, 0.15) is 32.1 Å². The van der Waals surface area contributed by atoms with Crippen LogP contribution < -0.4 is 11.1 Å². The van der Waals surface area contributed by atoms with Crippen LogP contribution in [0.3, 0.4) is 0 Å². The molecule has 1 saturated heterocycles. The van der Waals surface area contributed by atoms with Crippen molar-refractivity contribution in [3.8, 4) is 0 Å². The molecule has 0 spiro atoms. The Bertz CT molecular complexity index is 270. The van der Waals surface area contributed by atoms with Crippen molar-refractivity contribution in [2.45, 2.75) is 44.3 Å². The smallest absolute Gasteiger partial charge is 0.303 e. The van der Waals surface area contributed by atoms with Crippen LogP contribution in [0, 0.1) is 0 Å². The second-order valence-electron chi connectivity index (χ2n) is 4.20. The average molecular weight is 244 g/mol. The summed E-state index contributed by atoms with van der Waals surface area (Å²) in [5.74, 6) is -0.919. The fraction of sp³-hybridized carbons (Fsp3) is 0.818. The molecular formula is C11H20N2O4. The number of carbonyl (C=O) groups is 2. The van der Waals surface area contributed by atoms with E-state index in [1.165, 1.54) is 0 Å². The maximum atomic E-state index is 11.6. The van der Waals surface area contributed by atoms with E-state index in [4.69, 9.17) is 15.6 Å². The summed E-state index contributed by atoms with van der Waals surface area (Å²) < 4.78 is 5.44. The van der Waals surface area contributed by atoms with E-state index in [1.54, 1.807) is 0 Å². The molecule has 98 valence electrons. The van der Waals surface area contributed by atoms with Crippen LogP contribution >= 0.6 is 0 Å². The lowest BCUT2D eigenvalue weighted by atomic mass is 10.2. The predicted molar refractivity (Wildman–Crippen MR) is 61.4 cm³/mol. The van der Waals surface area contributed by atoms with E-state index in [0.717, 1.165) is 6.42 Å². The number of carbonyl (C=O) groups excluding carboxylic acids is 1. The standard InChI is InChI=1S/C11H20N2O4/c12-7-8-4-5-9(17-8)11(16)13-6-2-1-3-10(14)15/h8-9H,1-7,12H2,(H,13,16)(H,14,15). The van der Waals surface area contributed by atoms with Crippen molar-refractivity contribution >= 4 is 11.9 Å². The van der Waals surface area contributed by atoms with Gasteiger partial charge in [0.15, 0.2) is 0 Å². The molecule has 0 saturated carbocycles. The van der Waals surface area contributed by atoms with E-state index in [9.17, 15) is 9.59 Å². The molecule has 1 aliphatic rings. The second kappa shape index (κ2) is 7.24. The normalized spacial score (nSPS) is 23.6. The van der Waals surface area contributed by atoms with Gasteiger partial charge in [-0.3, -0.25) is 9.59 Å². The lowest BCUT2D eigenvalue weighted by Gasteiger charge is -2.12. The molecule has 1 fully saturated rings. The van der Waals surface area contributed by atoms with Crippen molar-refractivity contribution in [3.05, 3.63) is 0 Å². The van der Waals surface area contributed by atoms with Crippen LogP contribution in [0.2, 0.25) is 0 Å². The van der Waals surface area contributed by atoms with Crippen LogP contribution in [0.4, 0.5) is 0 Å². The Balaban J connectivity index is 2.07. The van der Waals surface area contributed by atoms with Gasteiger partial charge >= 0.3 is 5.97 Å². The Morgan fingerprint density at radius 1 is 1.35 bits per heavy atom. The molecule has 6 heteroatoms. The number of nitrogens with one attached hydrogen (secondary N) is 1. The maximum absolute atomic E-state index is 11.6. The highest BCUT2D eigenvalue weighted by Gasteiger charge is 2.29. The summed E-state index contributed by atoms with van der Waals surface area (Å²) in [5.41, 5.74) is 5.45. The van der Waals surface area contributed by atoms with E-state index in [1.807, 2.05) is 0 Å². The Kier molecular flexibility index (Phi) is 5.93. The van der Waals surface area contributed by atoms with Gasteiger partial charge in [0.05, 0.1) is 6.10 Å². The third kappa shape index (κ3) is 5.14. The number of rotatable bonds is 7. The van der Waals surface area contributed by atoms with E-state index in [0.29, 0.717) is 32.4 Å². The molecular weight excluding hydrogens is 224 g/mol. The molecule has 1 rings (SSSR count). The third-order valence-electron chi connectivity index (χ3n) is 2.78. The number of amides is 1. The molecule has 1 heterocycles. The molecule has 0 aromatic heterocycles. The Morgan fingerprint density at radius 3 is 2.71 bits per heavy atom. The number of unbranched alkanes of at least 4 members (excludes halogenated alkanes) is 1. The van der Waals surface area contributed by atoms with E-state index >= 15 is 0 Å². The first kappa shape index (κ1) is 13.9. The highest BCUT2D eigenvalue weighted by atomic mass is 16.5. The molecule has 6 nitrogen and oxygen atoms in total. The molecule has 17 heavy (non-hydrogen) atoms. The summed E-state index contributed by atoms with van der Waals surface area (Å²) in [6.45, 7) is 0.946. The van der Waals surface area contributed by atoms with Gasteiger partial charge in [0.1, 0.15) is 6.10 Å². The first-order valence-electron chi connectivity index (χ1n) is 5.98. The minimum Gasteiger partial charge on any atom is -0.481 e. The van der Waals surface area contributed by atoms with Gasteiger partial charge in [-0.1, -0.05) is 0 Å². The Morgan fingerprint density at radius 2 is 2.12 bits per heavy atom. The van der Waals surface area contributed by atoms with Crippen LogP contribution in [0.25, 0.3) is 0 Å². The number of hydrogen-bond donors (Lipinski definition) is 3. The van der Waals surface area contributed by atoms with Gasteiger partial charge < -0.3 is 20.9 Å². The van der Waals surface area contributed by atoms with Crippen molar-refractivity contribution in [2.24, 2.45) is 5.73 Å². The molecule has 0 aromatic carbocycles. The first-order valence-corrected chi connectivity index (χ1v) is 5.98. The van der Waals surface area contributed by atoms with Crippen molar-refractivity contribution in [1.29, 1.82) is 0 Å². The van der Waals surface area contributed by atoms with E-state index in [-0.39, 0.29) is 24.5 Å². The fourth-order valence-electron chi connectivity index (χ4n) is 1.80. The largest absolute Gasteiger partial charge is 0.481 e. The van der Waals surface area contributed by atoms with Crippen LogP contribution in [0.15, 0.2) is 0 Å². The minimum atomic E-state index is -0.804. The number of carboxylic acids is 1. The fourth-order valence-corrected chi connectivity index (χ4v) is 1.80. The summed E-state index contributed by atoms with van der Waals surface area (Å²) in [4.78, 5) is 21.9. The maximum Gasteiger partial charge on any atom is 0.303 e. The van der Waals surface area contributed by atoms with Gasteiger partial charge in [-0.15, -0.1) is 0 Å². The van der Waals surface area contributed by atoms with Crippen LogP contribution in [-0.2, 0) is 14.3 Å². The van der Waals surface area contributed by atoms with Gasteiger partial charge in [-0.05, 0) is 25.7 Å². The number of nitrogens with two attached hydrogens (primary N) is 1. The molecule has 4 N–H and O–H groups in total. The Labute approximate surface area is 101 Å². The molecule has 0 aromatic rings. The predicted octanol–water partition coefficient (Wildman–Crippen LogP) is -0.136. The third-order valence-corrected chi connectivity index (χ3v) is 2.78. The van der Waals surface area contributed by atoms with Crippen molar-refractivity contribution < 1.29 is 19.4 Å². The monoisotopic (exact) mass is 244 g/mol. The summed E-state index contributed by atoms with van der Waals surface area (Å²) in [7, 11) is 0. The molecule has 1 amide bonds. The van der Waals surface area contributed by atoms with E-state index < -0.39 is 5.97 Å². The SMILES string of the molecule is NCC1CCC(C(=O)NCCCCC(=O)O)O1. The summed E-state index contributed by atoms with van der Waals surface area (Å²) >= 11 is 0. The number of carboxylic acid groups (broad SMARTS) is 1. The van der Waals surface area contributed by atoms with Gasteiger partial charge in [0.2, 0.25) is 5.91 Å². The van der Waals surface area contributed by atoms with Crippen molar-refractivity contribution in [3.63, 3.8) is 0 Å². The lowest BCUT2D eigenvalue weighted by molar-refractivity contribution is -0.137. The van der Waals surface area contributed by atoms with Gasteiger partial charge in [0, 0.05) is 19.5 Å². The molecule has 0 radical (unpaired) electrons. The van der Waals surface area contributed by atoms with Gasteiger partial charge in [-0.25, -0.2) is 0 Å². The quantitative estimate of drug-likeness (QED) is 0.541. The summed E-state index contributed by atoms with van der Waals surface area (Å²) in [6.07, 6.45) is 2.54. The van der Waals surface area contributed by atoms with Crippen LogP contribution in [0.5, 0.6) is 0 Å². The number of aliphatic carboxylic acids is 1. The molecule has 0 bridgehead atoms. The highest BCUT2D eigenvalue weighted by Crippen LogP contribution is 2.18. The van der Waals surface area contributed by atoms with Crippen molar-refractivity contribution in [1.82, 2.24) is 5.32 Å². The van der Waals surface area contributed by atoms with Gasteiger partial charge in [0.25, 0.3) is 0 Å². The topological polar surface area (TPSA) is 102 Å². The molecule has 2 unspecified atom stereocenters. The molecule has 0 aliphatic carbocycles. The Hall–Kier alpha value is -1.14. The second-order valence-corrected chi connectivity index (χ2v) is 4.20. The molecule has 1 aliphatic heterocycles. The zero-order valence-corrected chi connectivity index (χ0v) is 9.85. The molecule has 2 atom stereocenters. The first-order chi connectivity index (χ1) is 8.13. The summed E-state index contributed by atoms with van der Waals surface area (Å²) in [5, 5.41) is 11.2. The van der Waals surface area contributed by atoms with E-state index in [2.05, 4.69) is 5.32 Å². The highest BCUT2D eigenvalue weighted by molar-refractivity contribution is 5.80.